The highest BCUT2D eigenvalue weighted by Crippen LogP contribution is 2.38. The molecule has 42 heavy (non-hydrogen) atoms. The Morgan fingerprint density at radius 2 is 1.26 bits per heavy atom. The van der Waals surface area contributed by atoms with Gasteiger partial charge in [-0.25, -0.2) is 22.0 Å². The molecule has 0 aliphatic heterocycles. The summed E-state index contributed by atoms with van der Waals surface area (Å²) in [4.78, 5) is 0. The van der Waals surface area contributed by atoms with Crippen molar-refractivity contribution in [2.75, 3.05) is 0 Å². The summed E-state index contributed by atoms with van der Waals surface area (Å²) in [5.41, 5.74) is 1.74. The molecule has 5 rings (SSSR count). The van der Waals surface area contributed by atoms with Crippen LogP contribution in [-0.4, -0.2) is 0 Å². The first-order valence-corrected chi connectivity index (χ1v) is 13.4. The molecule has 0 saturated heterocycles. The van der Waals surface area contributed by atoms with Crippen molar-refractivity contribution < 1.29 is 35.5 Å². The third-order valence-electron chi connectivity index (χ3n) is 7.14. The third kappa shape index (κ3) is 5.84. The van der Waals surface area contributed by atoms with Gasteiger partial charge >= 0.3 is 6.11 Å². The molecule has 0 aromatic heterocycles. The maximum atomic E-state index is 15.1. The highest BCUT2D eigenvalue weighted by atomic mass is 19.3. The van der Waals surface area contributed by atoms with E-state index in [1.54, 1.807) is 24.3 Å². The number of fused-ring (bicyclic) bond motifs is 1. The lowest BCUT2D eigenvalue weighted by atomic mass is 9.97. The Bertz CT molecular complexity index is 1730. The summed E-state index contributed by atoms with van der Waals surface area (Å²) in [5.74, 6) is -8.60. The second-order valence-corrected chi connectivity index (χ2v) is 10.0. The van der Waals surface area contributed by atoms with Crippen LogP contribution >= 0.6 is 0 Å². The van der Waals surface area contributed by atoms with E-state index < -0.39 is 46.5 Å². The summed E-state index contributed by atoms with van der Waals surface area (Å²) < 4.78 is 106. The number of ether oxygens (including phenoxy) is 1. The van der Waals surface area contributed by atoms with E-state index in [2.05, 4.69) is 23.8 Å². The average Bonchev–Trinajstić information content (AvgIpc) is 2.97. The maximum Gasteiger partial charge on any atom is 0.429 e. The lowest BCUT2D eigenvalue weighted by Gasteiger charge is -2.20. The minimum Gasteiger partial charge on any atom is -0.429 e. The van der Waals surface area contributed by atoms with Crippen LogP contribution in [0.15, 0.2) is 84.9 Å². The maximum absolute atomic E-state index is 15.1. The fourth-order valence-corrected chi connectivity index (χ4v) is 4.83. The number of alkyl halides is 2. The largest absolute Gasteiger partial charge is 0.429 e. The zero-order valence-corrected chi connectivity index (χ0v) is 22.5. The molecule has 0 heterocycles. The van der Waals surface area contributed by atoms with Gasteiger partial charge < -0.3 is 4.74 Å². The van der Waals surface area contributed by atoms with Gasteiger partial charge in [0.15, 0.2) is 29.1 Å². The van der Waals surface area contributed by atoms with Crippen molar-refractivity contribution in [3.05, 3.63) is 125 Å². The van der Waals surface area contributed by atoms with Gasteiger partial charge in [0, 0.05) is 10.9 Å². The molecule has 5 aromatic rings. The molecule has 0 amide bonds. The van der Waals surface area contributed by atoms with Gasteiger partial charge in [0.05, 0.1) is 0 Å². The topological polar surface area (TPSA) is 9.23 Å². The molecule has 0 radical (unpaired) electrons. The van der Waals surface area contributed by atoms with Gasteiger partial charge in [-0.05, 0) is 70.8 Å². The third-order valence-corrected chi connectivity index (χ3v) is 7.14. The van der Waals surface area contributed by atoms with E-state index in [9.17, 15) is 26.3 Å². The summed E-state index contributed by atoms with van der Waals surface area (Å²) in [6, 6.07) is 19.7. The quantitative estimate of drug-likeness (QED) is 0.0955. The molecule has 0 aliphatic carbocycles. The summed E-state index contributed by atoms with van der Waals surface area (Å²) in [5, 5.41) is -0.621. The van der Waals surface area contributed by atoms with E-state index >= 15 is 4.39 Å². The molecular formula is C34H25F7O. The Labute approximate surface area is 238 Å². The molecule has 0 bridgehead atoms. The van der Waals surface area contributed by atoms with E-state index in [4.69, 9.17) is 0 Å². The lowest BCUT2D eigenvalue weighted by molar-refractivity contribution is -0.187. The molecular weight excluding hydrogens is 557 g/mol. The van der Waals surface area contributed by atoms with Gasteiger partial charge in [0.25, 0.3) is 0 Å². The van der Waals surface area contributed by atoms with Gasteiger partial charge in [0.2, 0.25) is 0 Å². The summed E-state index contributed by atoms with van der Waals surface area (Å²) in [6.45, 7) is 2.15. The summed E-state index contributed by atoms with van der Waals surface area (Å²) >= 11 is 0. The summed E-state index contributed by atoms with van der Waals surface area (Å²) in [6.07, 6.45) is 0.0973. The Morgan fingerprint density at radius 3 is 1.93 bits per heavy atom. The van der Waals surface area contributed by atoms with Crippen LogP contribution in [0.3, 0.4) is 0 Å². The first kappa shape index (κ1) is 29.2. The van der Waals surface area contributed by atoms with Crippen LogP contribution < -0.4 is 4.74 Å². The highest BCUT2D eigenvalue weighted by molar-refractivity contribution is 5.84. The second kappa shape index (κ2) is 11.9. The predicted molar refractivity (Wildman–Crippen MR) is 149 cm³/mol. The Morgan fingerprint density at radius 1 is 0.619 bits per heavy atom. The molecule has 0 atom stereocenters. The van der Waals surface area contributed by atoms with Crippen LogP contribution in [0.25, 0.3) is 33.0 Å². The molecule has 0 fully saturated rings. The molecule has 5 aromatic carbocycles. The van der Waals surface area contributed by atoms with E-state index in [-0.39, 0.29) is 21.9 Å². The molecule has 0 N–H and O–H groups in total. The minimum absolute atomic E-state index is 0.219. The smallest absolute Gasteiger partial charge is 0.429 e. The summed E-state index contributed by atoms with van der Waals surface area (Å²) in [7, 11) is 0. The van der Waals surface area contributed by atoms with Crippen LogP contribution in [-0.2, 0) is 12.5 Å². The van der Waals surface area contributed by atoms with Crippen molar-refractivity contribution >= 4 is 10.8 Å². The highest BCUT2D eigenvalue weighted by Gasteiger charge is 2.39. The molecule has 0 unspecified atom stereocenters. The van der Waals surface area contributed by atoms with Crippen LogP contribution in [0, 0.1) is 29.1 Å². The number of halogens is 7. The van der Waals surface area contributed by atoms with Crippen molar-refractivity contribution in [1.82, 2.24) is 0 Å². The number of unbranched alkanes of at least 4 members (excludes halogenated alkanes) is 2. The van der Waals surface area contributed by atoms with Crippen LogP contribution in [0.4, 0.5) is 30.7 Å². The second-order valence-electron chi connectivity index (χ2n) is 10.0. The van der Waals surface area contributed by atoms with E-state index in [0.29, 0.717) is 12.1 Å². The molecule has 1 nitrogen and oxygen atoms in total. The zero-order chi connectivity index (χ0) is 30.0. The first-order chi connectivity index (χ1) is 20.1. The Hall–Kier alpha value is -4.33. The SMILES string of the molecule is CCCCCc1ccc(-c2ccc(-c3ccc(C(F)(F)Oc4ccc5c(F)c(F)c(F)cc5c4)c(F)c3F)cc2)cc1. The molecule has 8 heteroatoms. The van der Waals surface area contributed by atoms with Gasteiger partial charge in [-0.15, -0.1) is 0 Å². The van der Waals surface area contributed by atoms with Crippen molar-refractivity contribution in [2.45, 2.75) is 38.7 Å². The number of hydrogen-bond donors (Lipinski definition) is 0. The Balaban J connectivity index is 1.36. The molecule has 0 aliphatic rings. The number of aryl methyl sites for hydroxylation is 1. The van der Waals surface area contributed by atoms with Crippen molar-refractivity contribution in [2.24, 2.45) is 0 Å². The van der Waals surface area contributed by atoms with Gasteiger partial charge in [0.1, 0.15) is 11.3 Å². The zero-order valence-electron chi connectivity index (χ0n) is 22.5. The van der Waals surface area contributed by atoms with Gasteiger partial charge in [-0.3, -0.25) is 0 Å². The number of rotatable bonds is 9. The van der Waals surface area contributed by atoms with Crippen molar-refractivity contribution in [3.8, 4) is 28.0 Å². The monoisotopic (exact) mass is 582 g/mol. The van der Waals surface area contributed by atoms with Crippen LogP contribution in [0.1, 0.15) is 37.3 Å². The van der Waals surface area contributed by atoms with Gasteiger partial charge in [-0.1, -0.05) is 74.4 Å². The normalized spacial score (nSPS) is 11.7. The van der Waals surface area contributed by atoms with Crippen molar-refractivity contribution in [3.63, 3.8) is 0 Å². The van der Waals surface area contributed by atoms with Crippen molar-refractivity contribution in [1.29, 1.82) is 0 Å². The van der Waals surface area contributed by atoms with Crippen LogP contribution in [0.5, 0.6) is 5.75 Å². The standard InChI is InChI=1S/C34H25F7O/c1-2-3-4-5-20-6-8-21(9-7-20)22-10-12-23(13-11-22)26-16-17-28(32(38)30(26)36)34(40,41)42-25-14-15-27-24(18-25)19-29(35)33(39)31(27)37/h6-19H,2-5H2,1H3. The Kier molecular flexibility index (Phi) is 8.25. The lowest BCUT2D eigenvalue weighted by Crippen LogP contribution is -2.24. The molecule has 0 spiro atoms. The minimum atomic E-state index is -4.35. The number of benzene rings is 5. The predicted octanol–water partition coefficient (Wildman–Crippen LogP) is 10.7. The van der Waals surface area contributed by atoms with Gasteiger partial charge in [-0.2, -0.15) is 8.78 Å². The van der Waals surface area contributed by atoms with Crippen LogP contribution in [0.2, 0.25) is 0 Å². The van der Waals surface area contributed by atoms with E-state index in [0.717, 1.165) is 54.7 Å². The van der Waals surface area contributed by atoms with E-state index in [1.165, 1.54) is 12.0 Å². The number of hydrogen-bond acceptors (Lipinski definition) is 1. The average molecular weight is 583 g/mol. The molecule has 216 valence electrons. The first-order valence-electron chi connectivity index (χ1n) is 13.4. The fourth-order valence-electron chi connectivity index (χ4n) is 4.83. The van der Waals surface area contributed by atoms with E-state index in [1.807, 2.05) is 12.1 Å². The fraction of sp³-hybridized carbons (Fsp3) is 0.176. The molecule has 0 saturated carbocycles.